The molecule has 1 N–H and O–H groups in total. The minimum absolute atomic E-state index is 0.0388. The van der Waals surface area contributed by atoms with Gasteiger partial charge in [-0.3, -0.25) is 9.52 Å². The van der Waals surface area contributed by atoms with Gasteiger partial charge in [0.05, 0.1) is 15.5 Å². The maximum atomic E-state index is 12.8. The van der Waals surface area contributed by atoms with Crippen LogP contribution in [0.15, 0.2) is 17.0 Å². The number of Topliss-reactive ketones (excluding diaryl/α,β-unsaturated/α-hetero) is 1. The number of hydrogen-bond acceptors (Lipinski definition) is 5. The number of ketones is 1. The molecular weight excluding hydrogens is 356 g/mol. The molecule has 0 atom stereocenters. The smallest absolute Gasteiger partial charge is 0.264 e. The first-order valence-electron chi connectivity index (χ1n) is 8.12. The van der Waals surface area contributed by atoms with Crippen molar-refractivity contribution in [2.75, 3.05) is 4.72 Å². The highest BCUT2D eigenvalue weighted by Gasteiger charge is 2.34. The maximum Gasteiger partial charge on any atom is 0.264 e. The van der Waals surface area contributed by atoms with Gasteiger partial charge in [0, 0.05) is 6.42 Å². The van der Waals surface area contributed by atoms with Crippen molar-refractivity contribution in [1.29, 1.82) is 0 Å². The Morgan fingerprint density at radius 3 is 2.32 bits per heavy atom. The minimum Gasteiger partial charge on any atom is -0.293 e. The van der Waals surface area contributed by atoms with Crippen molar-refractivity contribution >= 4 is 32.3 Å². The number of fused-ring (bicyclic) bond motifs is 1. The molecule has 0 bridgehead atoms. The fourth-order valence-corrected chi connectivity index (χ4v) is 6.13. The molecule has 1 heterocycles. The highest BCUT2D eigenvalue weighted by atomic mass is 32.2. The number of hydrogen-bond donors (Lipinski definition) is 1. The van der Waals surface area contributed by atoms with Crippen LogP contribution < -0.4 is 4.72 Å². The molecule has 5 nitrogen and oxygen atoms in total. The van der Waals surface area contributed by atoms with E-state index in [1.807, 2.05) is 32.9 Å². The Labute approximate surface area is 152 Å². The van der Waals surface area contributed by atoms with Crippen LogP contribution in [0.5, 0.6) is 0 Å². The van der Waals surface area contributed by atoms with Crippen molar-refractivity contribution in [3.8, 4) is 0 Å². The van der Waals surface area contributed by atoms with Crippen molar-refractivity contribution in [2.45, 2.75) is 52.4 Å². The summed E-state index contributed by atoms with van der Waals surface area (Å²) in [5.74, 6) is 0.0388. The molecule has 1 aromatic carbocycles. The normalized spacial score (nSPS) is 16.6. The van der Waals surface area contributed by atoms with Crippen LogP contribution in [0.4, 0.5) is 5.13 Å². The second kappa shape index (κ2) is 5.92. The number of thiazole rings is 1. The zero-order valence-corrected chi connectivity index (χ0v) is 16.7. The van der Waals surface area contributed by atoms with Gasteiger partial charge in [0.25, 0.3) is 10.0 Å². The number of carbonyl (C=O) groups is 1. The summed E-state index contributed by atoms with van der Waals surface area (Å²) in [6.45, 7) is 9.55. The molecule has 134 valence electrons. The largest absolute Gasteiger partial charge is 0.293 e. The number of anilines is 1. The van der Waals surface area contributed by atoms with Crippen LogP contribution in [0, 0.1) is 26.2 Å². The minimum atomic E-state index is -3.75. The van der Waals surface area contributed by atoms with Crippen molar-refractivity contribution in [2.24, 2.45) is 5.41 Å². The summed E-state index contributed by atoms with van der Waals surface area (Å²) in [6.07, 6.45) is 1.14. The third-order valence-electron chi connectivity index (χ3n) is 4.33. The summed E-state index contributed by atoms with van der Waals surface area (Å²) in [5.41, 5.74) is 2.97. The number of nitrogens with one attached hydrogen (secondary N) is 1. The van der Waals surface area contributed by atoms with E-state index in [0.717, 1.165) is 16.9 Å². The van der Waals surface area contributed by atoms with Gasteiger partial charge in [0.2, 0.25) is 0 Å². The van der Waals surface area contributed by atoms with E-state index in [2.05, 4.69) is 9.71 Å². The average Bonchev–Trinajstić information content (AvgIpc) is 2.76. The van der Waals surface area contributed by atoms with Gasteiger partial charge in [-0.15, -0.1) is 0 Å². The van der Waals surface area contributed by atoms with Gasteiger partial charge in [-0.2, -0.15) is 0 Å². The van der Waals surface area contributed by atoms with E-state index in [0.29, 0.717) is 34.5 Å². The van der Waals surface area contributed by atoms with Crippen LogP contribution in [0.1, 0.15) is 52.3 Å². The molecule has 7 heteroatoms. The number of benzene rings is 1. The van der Waals surface area contributed by atoms with Crippen molar-refractivity contribution in [3.05, 3.63) is 39.4 Å². The topological polar surface area (TPSA) is 76.1 Å². The second-order valence-corrected chi connectivity index (χ2v) is 10.2. The molecule has 0 saturated carbocycles. The van der Waals surface area contributed by atoms with E-state index in [4.69, 9.17) is 0 Å². The molecule has 3 rings (SSSR count). The summed E-state index contributed by atoms with van der Waals surface area (Å²) in [4.78, 5) is 17.5. The summed E-state index contributed by atoms with van der Waals surface area (Å²) < 4.78 is 28.3. The Balaban J connectivity index is 1.97. The summed E-state index contributed by atoms with van der Waals surface area (Å²) in [5, 5.41) is 0.260. The Hall–Kier alpha value is -1.73. The first-order chi connectivity index (χ1) is 11.5. The molecule has 0 amide bonds. The van der Waals surface area contributed by atoms with E-state index in [9.17, 15) is 13.2 Å². The molecule has 0 spiro atoms. The lowest BCUT2D eigenvalue weighted by Gasteiger charge is -2.26. The van der Waals surface area contributed by atoms with Crippen molar-refractivity contribution in [1.82, 2.24) is 4.98 Å². The number of rotatable bonds is 3. The van der Waals surface area contributed by atoms with Gasteiger partial charge in [-0.1, -0.05) is 42.9 Å². The maximum absolute atomic E-state index is 12.8. The molecule has 1 aliphatic carbocycles. The Kier molecular flexibility index (Phi) is 4.28. The molecule has 0 saturated heterocycles. The Morgan fingerprint density at radius 1 is 1.12 bits per heavy atom. The van der Waals surface area contributed by atoms with Crippen LogP contribution in [-0.4, -0.2) is 19.2 Å². The molecule has 1 aromatic heterocycles. The predicted octanol–water partition coefficient (Wildman–Crippen LogP) is 4.02. The molecule has 0 radical (unpaired) electrons. The van der Waals surface area contributed by atoms with E-state index >= 15 is 0 Å². The highest BCUT2D eigenvalue weighted by molar-refractivity contribution is 7.93. The molecule has 0 unspecified atom stereocenters. The third kappa shape index (κ3) is 3.48. The number of carbonyl (C=O) groups excluding carboxylic acids is 1. The van der Waals surface area contributed by atoms with Gasteiger partial charge in [0.1, 0.15) is 0 Å². The van der Waals surface area contributed by atoms with Gasteiger partial charge >= 0.3 is 0 Å². The lowest BCUT2D eigenvalue weighted by molar-refractivity contribution is 0.0916. The third-order valence-corrected chi connectivity index (χ3v) is 7.16. The quantitative estimate of drug-likeness (QED) is 0.875. The predicted molar refractivity (Wildman–Crippen MR) is 100 cm³/mol. The van der Waals surface area contributed by atoms with E-state index in [1.165, 1.54) is 0 Å². The van der Waals surface area contributed by atoms with Crippen LogP contribution in [0.3, 0.4) is 0 Å². The fourth-order valence-electron chi connectivity index (χ4n) is 3.52. The number of aryl methyl sites for hydroxylation is 3. The first kappa shape index (κ1) is 18.1. The lowest BCUT2D eigenvalue weighted by atomic mass is 9.78. The SMILES string of the molecule is Cc1cc(C)c(S(=O)(=O)Nc2nc3c(s2)C(=O)CC(C)(C)C3)c(C)c1. The number of aromatic nitrogens is 1. The Morgan fingerprint density at radius 2 is 1.72 bits per heavy atom. The van der Waals surface area contributed by atoms with Gasteiger partial charge in [-0.25, -0.2) is 13.4 Å². The summed E-state index contributed by atoms with van der Waals surface area (Å²) in [6, 6.07) is 3.70. The average molecular weight is 379 g/mol. The fraction of sp³-hybridized carbons (Fsp3) is 0.444. The summed E-state index contributed by atoms with van der Waals surface area (Å²) >= 11 is 1.13. The molecule has 1 aliphatic rings. The van der Waals surface area contributed by atoms with Crippen LogP contribution in [-0.2, 0) is 16.4 Å². The number of sulfonamides is 1. The van der Waals surface area contributed by atoms with Gasteiger partial charge in [0.15, 0.2) is 10.9 Å². The highest BCUT2D eigenvalue weighted by Crippen LogP contribution is 2.39. The first-order valence-corrected chi connectivity index (χ1v) is 10.4. The Bertz CT molecular complexity index is 949. The van der Waals surface area contributed by atoms with E-state index in [-0.39, 0.29) is 21.2 Å². The molecule has 25 heavy (non-hydrogen) atoms. The summed E-state index contributed by atoms with van der Waals surface area (Å²) in [7, 11) is -3.75. The van der Waals surface area contributed by atoms with Gasteiger partial charge < -0.3 is 0 Å². The zero-order chi connectivity index (χ0) is 18.6. The van der Waals surface area contributed by atoms with Crippen molar-refractivity contribution in [3.63, 3.8) is 0 Å². The lowest BCUT2D eigenvalue weighted by Crippen LogP contribution is -2.26. The van der Waals surface area contributed by atoms with E-state index in [1.54, 1.807) is 13.8 Å². The monoisotopic (exact) mass is 378 g/mol. The standard InChI is InChI=1S/C18H22N2O3S2/c1-10-6-11(2)16(12(3)7-10)25(22,23)20-17-19-13-8-18(4,5)9-14(21)15(13)24-17/h6-7H,8-9H2,1-5H3,(H,19,20). The second-order valence-electron chi connectivity index (χ2n) is 7.57. The van der Waals surface area contributed by atoms with Gasteiger partial charge in [-0.05, 0) is 43.7 Å². The van der Waals surface area contributed by atoms with Crippen LogP contribution in [0.2, 0.25) is 0 Å². The van der Waals surface area contributed by atoms with Crippen molar-refractivity contribution < 1.29 is 13.2 Å². The molecule has 0 fully saturated rings. The molecule has 2 aromatic rings. The van der Waals surface area contributed by atoms with E-state index < -0.39 is 10.0 Å². The van der Waals surface area contributed by atoms with Crippen LogP contribution in [0.25, 0.3) is 0 Å². The molecular formula is C18H22N2O3S2. The van der Waals surface area contributed by atoms with Crippen LogP contribution >= 0.6 is 11.3 Å². The molecule has 0 aliphatic heterocycles. The number of nitrogens with zero attached hydrogens (tertiary/aromatic N) is 1. The zero-order valence-electron chi connectivity index (χ0n) is 15.1.